The Bertz CT molecular complexity index is 799. The largest absolute Gasteiger partial charge is 0.416 e. The highest BCUT2D eigenvalue weighted by molar-refractivity contribution is 6.31. The number of benzene rings is 2. The Kier molecular flexibility index (Phi) is 5.36. The lowest BCUT2D eigenvalue weighted by molar-refractivity contribution is -0.137. The third-order valence-corrected chi connectivity index (χ3v) is 4.65. The first-order valence-corrected chi connectivity index (χ1v) is 8.56. The van der Waals surface area contributed by atoms with Gasteiger partial charge < -0.3 is 4.90 Å². The molecule has 1 saturated heterocycles. The van der Waals surface area contributed by atoms with Crippen molar-refractivity contribution in [3.05, 3.63) is 58.6 Å². The topological polar surface area (TPSA) is 31.2 Å². The van der Waals surface area contributed by atoms with E-state index < -0.39 is 11.7 Å². The average Bonchev–Trinajstić information content (AvgIpc) is 2.62. The average molecular weight is 383 g/mol. The fraction of sp³-hybridized carbons (Fsp3) is 0.333. The number of anilines is 1. The Morgan fingerprint density at radius 2 is 1.73 bits per heavy atom. The predicted octanol–water partition coefficient (Wildman–Crippen LogP) is 5.49. The molecule has 0 amide bonds. The third kappa shape index (κ3) is 4.46. The number of halogens is 4. The van der Waals surface area contributed by atoms with Crippen LogP contribution < -0.4 is 4.90 Å². The molecule has 1 aliphatic rings. The standard InChI is InChI=1S/C18H18ClF3N4/c1-13-11-16(5-6-17(13)19)25-7-9-26(10-8-25)24-23-15-4-2-3-14(12-15)18(20,21)22/h2-6,11-12H,7-10H2,1H3. The van der Waals surface area contributed by atoms with Crippen molar-refractivity contribution < 1.29 is 13.2 Å². The van der Waals surface area contributed by atoms with Crippen LogP contribution >= 0.6 is 11.6 Å². The van der Waals surface area contributed by atoms with Crippen LogP contribution in [0.15, 0.2) is 52.8 Å². The molecule has 2 aromatic rings. The second-order valence-corrected chi connectivity index (χ2v) is 6.52. The molecule has 2 aromatic carbocycles. The Morgan fingerprint density at radius 1 is 1.00 bits per heavy atom. The third-order valence-electron chi connectivity index (χ3n) is 4.22. The van der Waals surface area contributed by atoms with Crippen molar-refractivity contribution in [2.75, 3.05) is 31.1 Å². The molecule has 3 rings (SSSR count). The summed E-state index contributed by atoms with van der Waals surface area (Å²) in [7, 11) is 0. The first kappa shape index (κ1) is 18.5. The summed E-state index contributed by atoms with van der Waals surface area (Å²) in [5.41, 5.74) is 1.59. The lowest BCUT2D eigenvalue weighted by Crippen LogP contribution is -2.44. The van der Waals surface area contributed by atoms with E-state index >= 15 is 0 Å². The first-order chi connectivity index (χ1) is 12.3. The fourth-order valence-corrected chi connectivity index (χ4v) is 2.85. The van der Waals surface area contributed by atoms with Gasteiger partial charge in [-0.05, 0) is 48.9 Å². The minimum atomic E-state index is -4.38. The van der Waals surface area contributed by atoms with Gasteiger partial charge in [0.25, 0.3) is 0 Å². The van der Waals surface area contributed by atoms with E-state index in [2.05, 4.69) is 15.2 Å². The van der Waals surface area contributed by atoms with E-state index in [0.29, 0.717) is 13.1 Å². The number of hydrogen-bond acceptors (Lipinski definition) is 3. The van der Waals surface area contributed by atoms with Crippen LogP contribution in [0.5, 0.6) is 0 Å². The van der Waals surface area contributed by atoms with Crippen LogP contribution in [0.25, 0.3) is 0 Å². The van der Waals surface area contributed by atoms with Crippen LogP contribution in [-0.2, 0) is 6.18 Å². The number of rotatable bonds is 3. The van der Waals surface area contributed by atoms with Crippen LogP contribution in [0.2, 0.25) is 5.02 Å². The summed E-state index contributed by atoms with van der Waals surface area (Å²) in [5, 5.41) is 10.5. The minimum absolute atomic E-state index is 0.190. The summed E-state index contributed by atoms with van der Waals surface area (Å²) >= 11 is 6.06. The Morgan fingerprint density at radius 3 is 2.38 bits per heavy atom. The second-order valence-electron chi connectivity index (χ2n) is 6.11. The number of hydrogen-bond donors (Lipinski definition) is 0. The smallest absolute Gasteiger partial charge is 0.368 e. The van der Waals surface area contributed by atoms with Crippen molar-refractivity contribution in [2.24, 2.45) is 10.3 Å². The number of piperazine rings is 1. The highest BCUT2D eigenvalue weighted by Crippen LogP contribution is 2.31. The maximum Gasteiger partial charge on any atom is 0.416 e. The van der Waals surface area contributed by atoms with Crippen LogP contribution in [0.4, 0.5) is 24.5 Å². The zero-order chi connectivity index (χ0) is 18.7. The van der Waals surface area contributed by atoms with E-state index in [-0.39, 0.29) is 5.69 Å². The molecule has 0 aromatic heterocycles. The Labute approximate surface area is 154 Å². The maximum atomic E-state index is 12.7. The van der Waals surface area contributed by atoms with Gasteiger partial charge in [-0.25, -0.2) is 0 Å². The molecule has 0 atom stereocenters. The highest BCUT2D eigenvalue weighted by Gasteiger charge is 2.30. The van der Waals surface area contributed by atoms with Crippen molar-refractivity contribution in [1.29, 1.82) is 0 Å². The summed E-state index contributed by atoms with van der Waals surface area (Å²) in [6.07, 6.45) is -4.38. The van der Waals surface area contributed by atoms with E-state index in [1.807, 2.05) is 25.1 Å². The van der Waals surface area contributed by atoms with Gasteiger partial charge in [0.05, 0.1) is 24.3 Å². The summed E-state index contributed by atoms with van der Waals surface area (Å²) in [4.78, 5) is 2.22. The van der Waals surface area contributed by atoms with Crippen LogP contribution in [0.3, 0.4) is 0 Å². The predicted molar refractivity (Wildman–Crippen MR) is 95.9 cm³/mol. The quantitative estimate of drug-likeness (QED) is 0.657. The normalized spacial score (nSPS) is 15.7. The van der Waals surface area contributed by atoms with Gasteiger partial charge in [-0.15, -0.1) is 5.11 Å². The van der Waals surface area contributed by atoms with E-state index in [4.69, 9.17) is 11.6 Å². The first-order valence-electron chi connectivity index (χ1n) is 8.18. The van der Waals surface area contributed by atoms with Gasteiger partial charge in [-0.3, -0.25) is 5.01 Å². The summed E-state index contributed by atoms with van der Waals surface area (Å²) in [6, 6.07) is 10.8. The molecule has 0 bridgehead atoms. The molecule has 1 aliphatic heterocycles. The molecule has 4 nitrogen and oxygen atoms in total. The second kappa shape index (κ2) is 7.53. The molecule has 0 spiro atoms. The molecule has 1 fully saturated rings. The van der Waals surface area contributed by atoms with Crippen LogP contribution in [-0.4, -0.2) is 31.2 Å². The molecule has 138 valence electrons. The summed E-state index contributed by atoms with van der Waals surface area (Å²) < 4.78 is 38.2. The number of nitrogens with zero attached hydrogens (tertiary/aromatic N) is 4. The van der Waals surface area contributed by atoms with Gasteiger partial charge in [0, 0.05) is 23.8 Å². The lowest BCUT2D eigenvalue weighted by Gasteiger charge is -2.34. The van der Waals surface area contributed by atoms with Crippen molar-refractivity contribution in [3.63, 3.8) is 0 Å². The van der Waals surface area contributed by atoms with Gasteiger partial charge in [0.15, 0.2) is 0 Å². The zero-order valence-electron chi connectivity index (χ0n) is 14.2. The lowest BCUT2D eigenvalue weighted by atomic mass is 10.2. The molecule has 0 unspecified atom stereocenters. The summed E-state index contributed by atoms with van der Waals surface area (Å²) in [5.74, 6) is 0. The molecule has 1 heterocycles. The zero-order valence-corrected chi connectivity index (χ0v) is 14.9. The van der Waals surface area contributed by atoms with E-state index in [0.717, 1.165) is 41.5 Å². The maximum absolute atomic E-state index is 12.7. The summed E-state index contributed by atoms with van der Waals surface area (Å²) in [6.45, 7) is 4.75. The molecule has 0 N–H and O–H groups in total. The van der Waals surface area contributed by atoms with Gasteiger partial charge in [-0.1, -0.05) is 22.9 Å². The monoisotopic (exact) mass is 382 g/mol. The van der Waals surface area contributed by atoms with Crippen molar-refractivity contribution >= 4 is 23.0 Å². The van der Waals surface area contributed by atoms with Gasteiger partial charge >= 0.3 is 6.18 Å². The number of alkyl halides is 3. The molecule has 26 heavy (non-hydrogen) atoms. The van der Waals surface area contributed by atoms with E-state index in [1.165, 1.54) is 12.1 Å². The van der Waals surface area contributed by atoms with Gasteiger partial charge in [-0.2, -0.15) is 13.2 Å². The van der Waals surface area contributed by atoms with E-state index in [1.54, 1.807) is 5.01 Å². The van der Waals surface area contributed by atoms with E-state index in [9.17, 15) is 13.2 Å². The van der Waals surface area contributed by atoms with Crippen molar-refractivity contribution in [2.45, 2.75) is 13.1 Å². The minimum Gasteiger partial charge on any atom is -0.368 e. The SMILES string of the molecule is Cc1cc(N2CCN(N=Nc3cccc(C(F)(F)F)c3)CC2)ccc1Cl. The molecular formula is C18H18ClF3N4. The van der Waals surface area contributed by atoms with Gasteiger partial charge in [0.1, 0.15) is 0 Å². The molecule has 0 aliphatic carbocycles. The molecular weight excluding hydrogens is 365 g/mol. The number of aryl methyl sites for hydroxylation is 1. The van der Waals surface area contributed by atoms with Crippen molar-refractivity contribution in [3.8, 4) is 0 Å². The highest BCUT2D eigenvalue weighted by atomic mass is 35.5. The van der Waals surface area contributed by atoms with Crippen LogP contribution in [0, 0.1) is 6.92 Å². The fourth-order valence-electron chi connectivity index (χ4n) is 2.73. The molecule has 8 heteroatoms. The van der Waals surface area contributed by atoms with Crippen LogP contribution in [0.1, 0.15) is 11.1 Å². The van der Waals surface area contributed by atoms with Gasteiger partial charge in [0.2, 0.25) is 0 Å². The molecule has 0 saturated carbocycles. The Hall–Kier alpha value is -2.28. The Balaban J connectivity index is 1.60. The molecule has 0 radical (unpaired) electrons. The van der Waals surface area contributed by atoms with Crippen molar-refractivity contribution in [1.82, 2.24) is 5.01 Å².